The van der Waals surface area contributed by atoms with Gasteiger partial charge in [0.1, 0.15) is 0 Å². The van der Waals surface area contributed by atoms with Gasteiger partial charge in [0.2, 0.25) is 0 Å². The largest absolute Gasteiger partial charge is 0.480 e. The van der Waals surface area contributed by atoms with E-state index in [1.807, 2.05) is 0 Å². The number of carboxylic acids is 1. The van der Waals surface area contributed by atoms with E-state index < -0.39 is 5.97 Å². The molecular weight excluding hydrogens is 182 g/mol. The summed E-state index contributed by atoms with van der Waals surface area (Å²) >= 11 is 0. The Morgan fingerprint density at radius 1 is 1.71 bits per heavy atom. The second-order valence-electron chi connectivity index (χ2n) is 3.49. The number of hydrogen-bond acceptors (Lipinski definition) is 3. The first kappa shape index (κ1) is 11.0. The molecule has 4 heteroatoms. The van der Waals surface area contributed by atoms with Crippen LogP contribution in [0.2, 0.25) is 0 Å². The minimum atomic E-state index is -0.832. The molecule has 0 heterocycles. The number of carbonyl (C=O) groups is 1. The van der Waals surface area contributed by atoms with Crippen LogP contribution in [0.1, 0.15) is 12.8 Å². The number of ether oxygens (including phenoxy) is 1. The van der Waals surface area contributed by atoms with Crippen molar-refractivity contribution in [2.75, 3.05) is 20.2 Å². The molecule has 0 atom stereocenters. The maximum absolute atomic E-state index is 10.5. The molecule has 1 aliphatic carbocycles. The molecule has 1 aliphatic rings. The van der Waals surface area contributed by atoms with E-state index >= 15 is 0 Å². The van der Waals surface area contributed by atoms with Crippen LogP contribution in [0.3, 0.4) is 0 Å². The Kier molecular flexibility index (Phi) is 3.93. The molecule has 0 aliphatic heterocycles. The average Bonchev–Trinajstić information content (AvgIpc) is 2.01. The van der Waals surface area contributed by atoms with Gasteiger partial charge in [0, 0.05) is 13.2 Å². The van der Waals surface area contributed by atoms with Crippen LogP contribution >= 0.6 is 0 Å². The Balaban J connectivity index is 2.37. The molecular formula is C10H15NO3. The highest BCUT2D eigenvalue weighted by Crippen LogP contribution is 2.27. The Hall–Kier alpha value is -1.05. The molecule has 14 heavy (non-hydrogen) atoms. The van der Waals surface area contributed by atoms with Crippen LogP contribution < -0.4 is 0 Å². The number of carboxylic acid groups (broad SMARTS) is 1. The van der Waals surface area contributed by atoms with Gasteiger partial charge in [0.05, 0.1) is 19.2 Å². The fraction of sp³-hybridized carbons (Fsp3) is 0.700. The highest BCUT2D eigenvalue weighted by molar-refractivity contribution is 5.69. The van der Waals surface area contributed by atoms with Gasteiger partial charge in [-0.3, -0.25) is 9.69 Å². The molecule has 0 bridgehead atoms. The highest BCUT2D eigenvalue weighted by Gasteiger charge is 2.33. The van der Waals surface area contributed by atoms with Gasteiger partial charge in [0.25, 0.3) is 0 Å². The smallest absolute Gasteiger partial charge is 0.317 e. The van der Waals surface area contributed by atoms with E-state index in [4.69, 9.17) is 16.3 Å². The molecule has 0 amide bonds. The molecule has 1 rings (SSSR count). The minimum absolute atomic E-state index is 0.0191. The van der Waals surface area contributed by atoms with Crippen molar-refractivity contribution in [1.82, 2.24) is 4.90 Å². The van der Waals surface area contributed by atoms with Gasteiger partial charge in [-0.15, -0.1) is 6.42 Å². The lowest BCUT2D eigenvalue weighted by Gasteiger charge is -2.40. The summed E-state index contributed by atoms with van der Waals surface area (Å²) in [5.74, 6) is 1.64. The standard InChI is InChI=1S/C10H15NO3/c1-3-4-11(7-10(12)13)8-5-9(6-8)14-2/h1,8-9H,4-7H2,2H3,(H,12,13). The van der Waals surface area contributed by atoms with Crippen LogP contribution in [0, 0.1) is 12.3 Å². The molecule has 4 nitrogen and oxygen atoms in total. The van der Waals surface area contributed by atoms with Crippen molar-refractivity contribution in [1.29, 1.82) is 0 Å². The highest BCUT2D eigenvalue weighted by atomic mass is 16.5. The summed E-state index contributed by atoms with van der Waals surface area (Å²) in [5.41, 5.74) is 0. The maximum atomic E-state index is 10.5. The summed E-state index contributed by atoms with van der Waals surface area (Å²) in [5, 5.41) is 8.66. The molecule has 1 saturated carbocycles. The number of methoxy groups -OCH3 is 1. The van der Waals surface area contributed by atoms with Crippen molar-refractivity contribution in [3.63, 3.8) is 0 Å². The summed E-state index contributed by atoms with van der Waals surface area (Å²) in [4.78, 5) is 12.3. The molecule has 78 valence electrons. The molecule has 1 fully saturated rings. The van der Waals surface area contributed by atoms with E-state index in [9.17, 15) is 4.79 Å². The van der Waals surface area contributed by atoms with Crippen molar-refractivity contribution in [3.05, 3.63) is 0 Å². The van der Waals surface area contributed by atoms with Crippen LogP contribution in [0.25, 0.3) is 0 Å². The zero-order valence-electron chi connectivity index (χ0n) is 8.27. The third kappa shape index (κ3) is 2.72. The van der Waals surface area contributed by atoms with Crippen molar-refractivity contribution in [3.8, 4) is 12.3 Å². The SMILES string of the molecule is C#CCN(CC(=O)O)C1CC(OC)C1. The summed E-state index contributed by atoms with van der Waals surface area (Å²) in [6, 6.07) is 0.270. The van der Waals surface area contributed by atoms with Crippen molar-refractivity contribution in [2.24, 2.45) is 0 Å². The second kappa shape index (κ2) is 4.99. The first-order valence-corrected chi connectivity index (χ1v) is 4.59. The van der Waals surface area contributed by atoms with Gasteiger partial charge in [-0.05, 0) is 12.8 Å². The molecule has 0 aromatic heterocycles. The number of terminal acetylenes is 1. The van der Waals surface area contributed by atoms with Gasteiger partial charge in [0.15, 0.2) is 0 Å². The first-order chi connectivity index (χ1) is 6.67. The van der Waals surface area contributed by atoms with E-state index in [0.29, 0.717) is 6.54 Å². The van der Waals surface area contributed by atoms with Gasteiger partial charge in [-0.2, -0.15) is 0 Å². The predicted octanol–water partition coefficient (Wildman–Crippen LogP) is 0.184. The Bertz CT molecular complexity index is 240. The molecule has 0 saturated heterocycles. The Morgan fingerprint density at radius 2 is 2.36 bits per heavy atom. The van der Waals surface area contributed by atoms with E-state index in [1.165, 1.54) is 0 Å². The second-order valence-corrected chi connectivity index (χ2v) is 3.49. The number of aliphatic carboxylic acids is 1. The predicted molar refractivity (Wildman–Crippen MR) is 51.9 cm³/mol. The summed E-state index contributed by atoms with van der Waals surface area (Å²) in [7, 11) is 1.67. The van der Waals surface area contributed by atoms with Gasteiger partial charge >= 0.3 is 5.97 Å². The topological polar surface area (TPSA) is 49.8 Å². The van der Waals surface area contributed by atoms with E-state index in [2.05, 4.69) is 5.92 Å². The monoisotopic (exact) mass is 197 g/mol. The molecule has 0 radical (unpaired) electrons. The van der Waals surface area contributed by atoms with Crippen LogP contribution in [0.5, 0.6) is 0 Å². The Morgan fingerprint density at radius 3 is 2.79 bits per heavy atom. The zero-order chi connectivity index (χ0) is 10.6. The van der Waals surface area contributed by atoms with E-state index in [-0.39, 0.29) is 18.7 Å². The van der Waals surface area contributed by atoms with Crippen LogP contribution in [-0.2, 0) is 9.53 Å². The van der Waals surface area contributed by atoms with Crippen LogP contribution in [0.15, 0.2) is 0 Å². The molecule has 0 spiro atoms. The third-order valence-corrected chi connectivity index (χ3v) is 2.55. The fourth-order valence-corrected chi connectivity index (χ4v) is 1.63. The maximum Gasteiger partial charge on any atom is 0.317 e. The molecule has 0 aromatic rings. The number of hydrogen-bond donors (Lipinski definition) is 1. The third-order valence-electron chi connectivity index (χ3n) is 2.55. The van der Waals surface area contributed by atoms with Crippen molar-refractivity contribution >= 4 is 5.97 Å². The summed E-state index contributed by atoms with van der Waals surface area (Å²) < 4.78 is 5.12. The molecule has 1 N–H and O–H groups in total. The Labute approximate surface area is 83.8 Å². The molecule has 0 unspecified atom stereocenters. The van der Waals surface area contributed by atoms with Crippen LogP contribution in [-0.4, -0.2) is 48.3 Å². The first-order valence-electron chi connectivity index (χ1n) is 4.59. The van der Waals surface area contributed by atoms with E-state index in [1.54, 1.807) is 12.0 Å². The van der Waals surface area contributed by atoms with Gasteiger partial charge in [-0.25, -0.2) is 0 Å². The average molecular weight is 197 g/mol. The minimum Gasteiger partial charge on any atom is -0.480 e. The zero-order valence-corrected chi connectivity index (χ0v) is 8.27. The lowest BCUT2D eigenvalue weighted by molar-refractivity contribution is -0.140. The van der Waals surface area contributed by atoms with Gasteiger partial charge in [-0.1, -0.05) is 5.92 Å². The quantitative estimate of drug-likeness (QED) is 0.639. The van der Waals surface area contributed by atoms with Gasteiger partial charge < -0.3 is 9.84 Å². The van der Waals surface area contributed by atoms with Crippen molar-refractivity contribution < 1.29 is 14.6 Å². The lowest BCUT2D eigenvalue weighted by Crippen LogP contribution is -2.49. The number of rotatable bonds is 5. The molecule has 0 aromatic carbocycles. The van der Waals surface area contributed by atoms with Crippen LogP contribution in [0.4, 0.5) is 0 Å². The van der Waals surface area contributed by atoms with Crippen molar-refractivity contribution in [2.45, 2.75) is 25.0 Å². The summed E-state index contributed by atoms with van der Waals surface area (Å²) in [6.45, 7) is 0.415. The number of nitrogens with zero attached hydrogens (tertiary/aromatic N) is 1. The van der Waals surface area contributed by atoms with E-state index in [0.717, 1.165) is 12.8 Å². The lowest BCUT2D eigenvalue weighted by atomic mass is 9.88. The summed E-state index contributed by atoms with van der Waals surface area (Å²) in [6.07, 6.45) is 7.21. The fourth-order valence-electron chi connectivity index (χ4n) is 1.63. The normalized spacial score (nSPS) is 25.5.